The molecular weight excluding hydrogens is 314 g/mol. The molecule has 2 heterocycles. The second kappa shape index (κ2) is 6.00. The van der Waals surface area contributed by atoms with Crippen molar-refractivity contribution in [2.24, 2.45) is 0 Å². The van der Waals surface area contributed by atoms with E-state index in [1.807, 2.05) is 13.8 Å². The number of nitrogens with zero attached hydrogens (tertiary/aromatic N) is 2. The third kappa shape index (κ3) is 3.47. The number of alkyl halides is 2. The maximum atomic E-state index is 12.8. The van der Waals surface area contributed by atoms with Gasteiger partial charge in [0.2, 0.25) is 11.8 Å². The summed E-state index contributed by atoms with van der Waals surface area (Å²) in [5.74, 6) is -3.23. The Kier molecular flexibility index (Phi) is 4.15. The zero-order valence-corrected chi connectivity index (χ0v) is 13.8. The fourth-order valence-corrected chi connectivity index (χ4v) is 3.27. The van der Waals surface area contributed by atoms with Crippen LogP contribution in [0.3, 0.4) is 0 Å². The predicted molar refractivity (Wildman–Crippen MR) is 85.7 cm³/mol. The van der Waals surface area contributed by atoms with E-state index < -0.39 is 24.9 Å². The van der Waals surface area contributed by atoms with Gasteiger partial charge < -0.3 is 9.80 Å². The molecule has 0 spiro atoms. The number of likely N-dealkylation sites (tertiary alicyclic amines) is 2. The van der Waals surface area contributed by atoms with Crippen LogP contribution in [0.4, 0.5) is 8.78 Å². The first kappa shape index (κ1) is 16.6. The molecule has 0 radical (unpaired) electrons. The first-order valence-electron chi connectivity index (χ1n) is 7.96. The summed E-state index contributed by atoms with van der Waals surface area (Å²) in [5.41, 5.74) is 3.42. The van der Waals surface area contributed by atoms with E-state index in [1.165, 1.54) is 17.2 Å². The van der Waals surface area contributed by atoms with Gasteiger partial charge in [0.15, 0.2) is 0 Å². The Balaban J connectivity index is 1.63. The first-order chi connectivity index (χ1) is 11.2. The highest BCUT2D eigenvalue weighted by atomic mass is 19.3. The van der Waals surface area contributed by atoms with E-state index in [0.717, 1.165) is 21.6 Å². The van der Waals surface area contributed by atoms with Crippen LogP contribution in [0.15, 0.2) is 30.5 Å². The lowest BCUT2D eigenvalue weighted by Gasteiger charge is -2.38. The monoisotopic (exact) mass is 334 g/mol. The minimum Gasteiger partial charge on any atom is -0.327 e. The zero-order valence-electron chi connectivity index (χ0n) is 13.8. The van der Waals surface area contributed by atoms with Gasteiger partial charge in [0.05, 0.1) is 13.1 Å². The minimum atomic E-state index is -2.78. The lowest BCUT2D eigenvalue weighted by atomic mass is 9.95. The smallest absolute Gasteiger partial charge is 0.282 e. The quantitative estimate of drug-likeness (QED) is 0.797. The standard InChI is InChI=1S/C18H20F2N2O2/c1-12-5-13(2)7-14(6-12)15-8-17(24)21(9-15)4-3-16(23)22-10-18(19,20)11-22/h3-7,15H,8-11H2,1-2H3/b4-3+. The first-order valence-corrected chi connectivity index (χ1v) is 7.96. The number of hydrogen-bond acceptors (Lipinski definition) is 2. The van der Waals surface area contributed by atoms with Crippen molar-refractivity contribution in [1.29, 1.82) is 0 Å². The average Bonchev–Trinajstić information content (AvgIpc) is 2.82. The van der Waals surface area contributed by atoms with Gasteiger partial charge in [0.25, 0.3) is 5.92 Å². The molecule has 1 aromatic rings. The van der Waals surface area contributed by atoms with E-state index in [-0.39, 0.29) is 11.8 Å². The van der Waals surface area contributed by atoms with Crippen molar-refractivity contribution in [3.8, 4) is 0 Å². The molecule has 3 rings (SSSR count). The summed E-state index contributed by atoms with van der Waals surface area (Å²) in [6, 6.07) is 6.23. The molecule has 1 atom stereocenters. The van der Waals surface area contributed by atoms with Crippen molar-refractivity contribution in [1.82, 2.24) is 9.80 Å². The second-order valence-corrected chi connectivity index (χ2v) is 6.73. The molecule has 24 heavy (non-hydrogen) atoms. The molecular formula is C18H20F2N2O2. The van der Waals surface area contributed by atoms with E-state index in [4.69, 9.17) is 0 Å². The van der Waals surface area contributed by atoms with Gasteiger partial charge in [-0.25, -0.2) is 8.78 Å². The van der Waals surface area contributed by atoms with Crippen molar-refractivity contribution in [3.63, 3.8) is 0 Å². The summed E-state index contributed by atoms with van der Waals surface area (Å²) in [4.78, 5) is 26.5. The Morgan fingerprint density at radius 1 is 1.21 bits per heavy atom. The molecule has 0 aliphatic carbocycles. The summed E-state index contributed by atoms with van der Waals surface area (Å²) < 4.78 is 25.5. The van der Waals surface area contributed by atoms with E-state index in [2.05, 4.69) is 18.2 Å². The molecule has 0 bridgehead atoms. The molecule has 1 aromatic carbocycles. The Morgan fingerprint density at radius 2 is 1.83 bits per heavy atom. The van der Waals surface area contributed by atoms with Crippen molar-refractivity contribution in [2.75, 3.05) is 19.6 Å². The van der Waals surface area contributed by atoms with Crippen LogP contribution in [0.25, 0.3) is 0 Å². The van der Waals surface area contributed by atoms with E-state index in [9.17, 15) is 18.4 Å². The summed E-state index contributed by atoms with van der Waals surface area (Å²) in [7, 11) is 0. The maximum Gasteiger partial charge on any atom is 0.282 e. The number of halogens is 2. The summed E-state index contributed by atoms with van der Waals surface area (Å²) in [6.45, 7) is 3.45. The summed E-state index contributed by atoms with van der Waals surface area (Å²) >= 11 is 0. The number of benzene rings is 1. The van der Waals surface area contributed by atoms with E-state index in [0.29, 0.717) is 13.0 Å². The molecule has 2 fully saturated rings. The molecule has 1 unspecified atom stereocenters. The molecule has 0 saturated carbocycles. The third-order valence-corrected chi connectivity index (χ3v) is 4.43. The maximum absolute atomic E-state index is 12.8. The normalized spacial score (nSPS) is 23.0. The Morgan fingerprint density at radius 3 is 2.42 bits per heavy atom. The second-order valence-electron chi connectivity index (χ2n) is 6.73. The van der Waals surface area contributed by atoms with Crippen LogP contribution in [0.1, 0.15) is 29.0 Å². The number of hydrogen-bond donors (Lipinski definition) is 0. The molecule has 2 amide bonds. The topological polar surface area (TPSA) is 40.6 Å². The van der Waals surface area contributed by atoms with Crippen LogP contribution in [-0.4, -0.2) is 47.2 Å². The number of carbonyl (C=O) groups excluding carboxylic acids is 2. The van der Waals surface area contributed by atoms with Gasteiger partial charge in [-0.3, -0.25) is 9.59 Å². The molecule has 4 nitrogen and oxygen atoms in total. The molecule has 6 heteroatoms. The molecule has 0 aromatic heterocycles. The number of amides is 2. The van der Waals surface area contributed by atoms with Crippen molar-refractivity contribution in [3.05, 3.63) is 47.2 Å². The zero-order chi connectivity index (χ0) is 17.5. The highest BCUT2D eigenvalue weighted by Crippen LogP contribution is 2.30. The molecule has 128 valence electrons. The fraction of sp³-hybridized carbons (Fsp3) is 0.444. The van der Waals surface area contributed by atoms with E-state index >= 15 is 0 Å². The highest BCUT2D eigenvalue weighted by molar-refractivity contribution is 5.89. The Hall–Kier alpha value is -2.24. The van der Waals surface area contributed by atoms with Gasteiger partial charge in [-0.1, -0.05) is 29.3 Å². The van der Waals surface area contributed by atoms with Crippen LogP contribution in [-0.2, 0) is 9.59 Å². The number of aryl methyl sites for hydroxylation is 2. The summed E-state index contributed by atoms with van der Waals surface area (Å²) in [5, 5.41) is 0. The van der Waals surface area contributed by atoms with Crippen molar-refractivity contribution >= 4 is 11.8 Å². The van der Waals surface area contributed by atoms with Gasteiger partial charge in [-0.15, -0.1) is 0 Å². The molecule has 2 aliphatic heterocycles. The lowest BCUT2D eigenvalue weighted by molar-refractivity contribution is -0.160. The van der Waals surface area contributed by atoms with Crippen molar-refractivity contribution in [2.45, 2.75) is 32.1 Å². The van der Waals surface area contributed by atoms with Crippen molar-refractivity contribution < 1.29 is 18.4 Å². The van der Waals surface area contributed by atoms with Gasteiger partial charge in [-0.05, 0) is 19.4 Å². The number of rotatable bonds is 3. The molecule has 2 saturated heterocycles. The fourth-order valence-electron chi connectivity index (χ4n) is 3.27. The molecule has 0 N–H and O–H groups in total. The highest BCUT2D eigenvalue weighted by Gasteiger charge is 2.45. The van der Waals surface area contributed by atoms with E-state index in [1.54, 1.807) is 0 Å². The Bertz CT molecular complexity index is 687. The Labute approximate surface area is 139 Å². The van der Waals surface area contributed by atoms with Gasteiger partial charge in [0, 0.05) is 31.2 Å². The van der Waals surface area contributed by atoms with Crippen LogP contribution in [0, 0.1) is 13.8 Å². The largest absolute Gasteiger partial charge is 0.327 e. The lowest BCUT2D eigenvalue weighted by Crippen LogP contribution is -2.58. The van der Waals surface area contributed by atoms with Gasteiger partial charge in [0.1, 0.15) is 0 Å². The molecule has 2 aliphatic rings. The summed E-state index contributed by atoms with van der Waals surface area (Å²) in [6.07, 6.45) is 3.02. The van der Waals surface area contributed by atoms with Crippen LogP contribution >= 0.6 is 0 Å². The SMILES string of the molecule is Cc1cc(C)cc(C2CC(=O)N(/C=C/C(=O)N3CC(F)(F)C3)C2)c1. The number of carbonyl (C=O) groups is 2. The average molecular weight is 334 g/mol. The van der Waals surface area contributed by atoms with Crippen LogP contribution in [0.2, 0.25) is 0 Å². The van der Waals surface area contributed by atoms with Crippen LogP contribution < -0.4 is 0 Å². The van der Waals surface area contributed by atoms with Crippen LogP contribution in [0.5, 0.6) is 0 Å². The predicted octanol–water partition coefficient (Wildman–Crippen LogP) is 2.61. The third-order valence-electron chi connectivity index (χ3n) is 4.43. The van der Waals surface area contributed by atoms with Gasteiger partial charge >= 0.3 is 0 Å². The van der Waals surface area contributed by atoms with Gasteiger partial charge in [-0.2, -0.15) is 0 Å². The minimum absolute atomic E-state index is 0.0582.